The minimum atomic E-state index is -1.32. The van der Waals surface area contributed by atoms with E-state index in [1.807, 2.05) is 18.2 Å². The van der Waals surface area contributed by atoms with Crippen molar-refractivity contribution in [3.63, 3.8) is 0 Å². The fraction of sp³-hybridized carbons (Fsp3) is 0.259. The zero-order valence-electron chi connectivity index (χ0n) is 20.7. The van der Waals surface area contributed by atoms with Crippen LogP contribution in [0.15, 0.2) is 59.6 Å². The lowest BCUT2D eigenvalue weighted by Gasteiger charge is -2.24. The molecule has 194 valence electrons. The number of benzene rings is 1. The molecule has 1 unspecified atom stereocenters. The molecule has 4 aromatic rings. The Kier molecular flexibility index (Phi) is 7.02. The van der Waals surface area contributed by atoms with Gasteiger partial charge in [-0.25, -0.2) is 19.3 Å². The number of nitrogens with zero attached hydrogens (tertiary/aromatic N) is 5. The number of amides is 2. The molecule has 38 heavy (non-hydrogen) atoms. The van der Waals surface area contributed by atoms with Gasteiger partial charge in [-0.15, -0.1) is 0 Å². The molecule has 2 atom stereocenters. The van der Waals surface area contributed by atoms with Gasteiger partial charge in [0.25, 0.3) is 0 Å². The predicted octanol–water partition coefficient (Wildman–Crippen LogP) is 4.34. The standard InChI is InChI=1S/C27H24BrFN6O3/c1-15(36)21-13-34(22-7-6-17(8-20(21)22)18-10-30-16(2)31-11-18)14-26(37)35-12-19(29)9-23(35)27(38)33-25-5-3-4-24(28)32-25/h3-8,10-11,13,19,23H,9,12,14H2,1-2H3,(H,32,33,38)/t19-,23?/m1/s1. The van der Waals surface area contributed by atoms with Gasteiger partial charge in [0, 0.05) is 47.0 Å². The van der Waals surface area contributed by atoms with E-state index >= 15 is 0 Å². The number of alkyl halides is 1. The van der Waals surface area contributed by atoms with Crippen molar-refractivity contribution in [2.75, 3.05) is 11.9 Å². The van der Waals surface area contributed by atoms with Crippen molar-refractivity contribution in [1.82, 2.24) is 24.4 Å². The molecule has 1 N–H and O–H groups in total. The van der Waals surface area contributed by atoms with Crippen molar-refractivity contribution in [3.05, 3.63) is 71.0 Å². The molecule has 0 saturated carbocycles. The van der Waals surface area contributed by atoms with Crippen LogP contribution >= 0.6 is 15.9 Å². The van der Waals surface area contributed by atoms with Gasteiger partial charge in [-0.1, -0.05) is 12.1 Å². The van der Waals surface area contributed by atoms with Crippen LogP contribution in [0.1, 0.15) is 29.5 Å². The molecule has 1 aromatic carbocycles. The summed E-state index contributed by atoms with van der Waals surface area (Å²) in [7, 11) is 0. The molecular weight excluding hydrogens is 555 g/mol. The van der Waals surface area contributed by atoms with E-state index in [9.17, 15) is 18.8 Å². The number of anilines is 1. The van der Waals surface area contributed by atoms with Crippen LogP contribution in [-0.2, 0) is 16.1 Å². The summed E-state index contributed by atoms with van der Waals surface area (Å²) in [5, 5.41) is 3.35. The molecule has 5 rings (SSSR count). The molecule has 1 aliphatic rings. The summed E-state index contributed by atoms with van der Waals surface area (Å²) < 4.78 is 16.6. The van der Waals surface area contributed by atoms with Gasteiger partial charge in [0.2, 0.25) is 11.8 Å². The fourth-order valence-corrected chi connectivity index (χ4v) is 5.01. The van der Waals surface area contributed by atoms with Crippen LogP contribution in [-0.4, -0.2) is 60.8 Å². The minimum Gasteiger partial charge on any atom is -0.337 e. The number of nitrogens with one attached hydrogen (secondary N) is 1. The topological polar surface area (TPSA) is 110 Å². The molecule has 0 spiro atoms. The first-order chi connectivity index (χ1) is 18.2. The van der Waals surface area contributed by atoms with E-state index in [0.29, 0.717) is 32.7 Å². The van der Waals surface area contributed by atoms with Crippen molar-refractivity contribution in [1.29, 1.82) is 0 Å². The number of Topliss-reactive ketones (excluding diaryl/α,β-unsaturated/α-hetero) is 1. The summed E-state index contributed by atoms with van der Waals surface area (Å²) in [6.07, 6.45) is 3.64. The van der Waals surface area contributed by atoms with Crippen LogP contribution in [0.2, 0.25) is 0 Å². The number of carbonyl (C=O) groups excluding carboxylic acids is 3. The molecule has 11 heteroatoms. The van der Waals surface area contributed by atoms with Gasteiger partial charge in [-0.3, -0.25) is 14.4 Å². The molecule has 9 nitrogen and oxygen atoms in total. The third-order valence-corrected chi connectivity index (χ3v) is 6.96. The van der Waals surface area contributed by atoms with Crippen LogP contribution < -0.4 is 5.32 Å². The van der Waals surface area contributed by atoms with Gasteiger partial charge in [-0.05, 0) is 59.6 Å². The van der Waals surface area contributed by atoms with E-state index in [-0.39, 0.29) is 25.3 Å². The van der Waals surface area contributed by atoms with Gasteiger partial charge in [0.1, 0.15) is 35.0 Å². The number of fused-ring (bicyclic) bond motifs is 1. The number of likely N-dealkylation sites (tertiary alicyclic amines) is 1. The van der Waals surface area contributed by atoms with E-state index in [0.717, 1.165) is 11.1 Å². The molecule has 4 heterocycles. The zero-order valence-corrected chi connectivity index (χ0v) is 22.3. The monoisotopic (exact) mass is 578 g/mol. The van der Waals surface area contributed by atoms with Gasteiger partial charge in [0.05, 0.1) is 6.54 Å². The molecule has 3 aromatic heterocycles. The Morgan fingerprint density at radius 3 is 2.61 bits per heavy atom. The van der Waals surface area contributed by atoms with Crippen molar-refractivity contribution in [2.24, 2.45) is 0 Å². The van der Waals surface area contributed by atoms with Crippen molar-refractivity contribution in [3.8, 4) is 11.1 Å². The van der Waals surface area contributed by atoms with Crippen LogP contribution in [0.3, 0.4) is 0 Å². The highest BCUT2D eigenvalue weighted by Crippen LogP contribution is 2.29. The van der Waals surface area contributed by atoms with Gasteiger partial charge in [0.15, 0.2) is 5.78 Å². The lowest BCUT2D eigenvalue weighted by molar-refractivity contribution is -0.137. The summed E-state index contributed by atoms with van der Waals surface area (Å²) in [5.74, 6) is -0.119. The van der Waals surface area contributed by atoms with Gasteiger partial charge >= 0.3 is 0 Å². The van der Waals surface area contributed by atoms with Crippen molar-refractivity contribution < 1.29 is 18.8 Å². The molecule has 2 amide bonds. The molecule has 1 fully saturated rings. The summed E-state index contributed by atoms with van der Waals surface area (Å²) in [4.78, 5) is 52.7. The number of halogens is 2. The maximum absolute atomic E-state index is 14.4. The predicted molar refractivity (Wildman–Crippen MR) is 143 cm³/mol. The quantitative estimate of drug-likeness (QED) is 0.269. The third kappa shape index (κ3) is 5.19. The molecule has 0 aliphatic carbocycles. The Bertz CT molecular complexity index is 1550. The summed E-state index contributed by atoms with van der Waals surface area (Å²) >= 11 is 3.25. The van der Waals surface area contributed by atoms with E-state index in [4.69, 9.17) is 0 Å². The van der Waals surface area contributed by atoms with E-state index in [1.165, 1.54) is 11.8 Å². The maximum atomic E-state index is 14.4. The Morgan fingerprint density at radius 2 is 1.89 bits per heavy atom. The van der Waals surface area contributed by atoms with Gasteiger partial charge in [-0.2, -0.15) is 0 Å². The molecule has 0 bridgehead atoms. The molecule has 1 saturated heterocycles. The number of pyridine rings is 1. The maximum Gasteiger partial charge on any atom is 0.248 e. The highest BCUT2D eigenvalue weighted by molar-refractivity contribution is 9.10. The Hall–Kier alpha value is -3.99. The minimum absolute atomic E-state index is 0.0985. The first-order valence-corrected chi connectivity index (χ1v) is 12.8. The SMILES string of the molecule is CC(=O)c1cn(CC(=O)N2C[C@H](F)CC2C(=O)Nc2cccc(Br)n2)c2ccc(-c3cnc(C)nc3)cc12. The highest BCUT2D eigenvalue weighted by atomic mass is 79.9. The largest absolute Gasteiger partial charge is 0.337 e. The van der Waals surface area contributed by atoms with Crippen molar-refractivity contribution >= 4 is 50.2 Å². The molecule has 0 radical (unpaired) electrons. The first-order valence-electron chi connectivity index (χ1n) is 12.0. The second-order valence-electron chi connectivity index (χ2n) is 9.21. The van der Waals surface area contributed by atoms with E-state index < -0.39 is 24.0 Å². The van der Waals surface area contributed by atoms with Crippen LogP contribution in [0, 0.1) is 6.92 Å². The van der Waals surface area contributed by atoms with Crippen LogP contribution in [0.4, 0.5) is 10.2 Å². The van der Waals surface area contributed by atoms with Crippen molar-refractivity contribution in [2.45, 2.75) is 39.0 Å². The fourth-order valence-electron chi connectivity index (χ4n) is 4.66. The number of hydrogen-bond acceptors (Lipinski definition) is 6. The molecule has 1 aliphatic heterocycles. The molecular formula is C27H24BrFN6O3. The number of rotatable bonds is 6. The average Bonchev–Trinajstić information content (AvgIpc) is 3.45. The van der Waals surface area contributed by atoms with Gasteiger partial charge < -0.3 is 14.8 Å². The van der Waals surface area contributed by atoms with E-state index in [2.05, 4.69) is 36.2 Å². The lowest BCUT2D eigenvalue weighted by Crippen LogP contribution is -2.44. The van der Waals surface area contributed by atoms with Crippen LogP contribution in [0.25, 0.3) is 22.0 Å². The second kappa shape index (κ2) is 10.4. The van der Waals surface area contributed by atoms with Crippen LogP contribution in [0.5, 0.6) is 0 Å². The number of hydrogen-bond donors (Lipinski definition) is 1. The number of carbonyl (C=O) groups is 3. The number of aryl methyl sites for hydroxylation is 1. The zero-order chi connectivity index (χ0) is 27.0. The lowest BCUT2D eigenvalue weighted by atomic mass is 10.0. The smallest absolute Gasteiger partial charge is 0.248 e. The highest BCUT2D eigenvalue weighted by Gasteiger charge is 2.40. The Morgan fingerprint density at radius 1 is 1.13 bits per heavy atom. The summed E-state index contributed by atoms with van der Waals surface area (Å²) in [6, 6.07) is 9.64. The Balaban J connectivity index is 1.41. The summed E-state index contributed by atoms with van der Waals surface area (Å²) in [6.45, 7) is 2.93. The first kappa shape index (κ1) is 25.7. The Labute approximate surface area is 226 Å². The third-order valence-electron chi connectivity index (χ3n) is 6.52. The number of ketones is 1. The second-order valence-corrected chi connectivity index (χ2v) is 10.0. The van der Waals surface area contributed by atoms with E-state index in [1.54, 1.807) is 48.3 Å². The summed E-state index contributed by atoms with van der Waals surface area (Å²) in [5.41, 5.74) is 2.77. The normalized spacial score (nSPS) is 17.1. The average molecular weight is 579 g/mol. The number of aromatic nitrogens is 4.